The molecule has 0 fully saturated rings. The first-order valence-corrected chi connectivity index (χ1v) is 7.11. The van der Waals surface area contributed by atoms with Crippen molar-refractivity contribution in [2.75, 3.05) is 7.05 Å². The smallest absolute Gasteiger partial charge is 0.0624 e. The number of hydrogen-bond acceptors (Lipinski definition) is 1. The first-order chi connectivity index (χ1) is 9.13. The maximum absolute atomic E-state index is 6.24. The Balaban J connectivity index is 2.30. The lowest BCUT2D eigenvalue weighted by Gasteiger charge is -2.19. The maximum Gasteiger partial charge on any atom is 0.0624 e. The van der Waals surface area contributed by atoms with E-state index in [-0.39, 0.29) is 6.04 Å². The molecule has 0 saturated heterocycles. The molecule has 100 valence electrons. The zero-order valence-electron chi connectivity index (χ0n) is 10.5. The fourth-order valence-electron chi connectivity index (χ4n) is 2.05. The van der Waals surface area contributed by atoms with Crippen molar-refractivity contribution < 1.29 is 0 Å². The second-order valence-corrected chi connectivity index (χ2v) is 5.47. The fourth-order valence-corrected chi connectivity index (χ4v) is 2.72. The molecule has 0 bridgehead atoms. The molecule has 0 saturated carbocycles. The van der Waals surface area contributed by atoms with Crippen LogP contribution in [0, 0.1) is 0 Å². The van der Waals surface area contributed by atoms with E-state index in [9.17, 15) is 0 Å². The van der Waals surface area contributed by atoms with Crippen molar-refractivity contribution in [3.8, 4) is 0 Å². The summed E-state index contributed by atoms with van der Waals surface area (Å²) in [5, 5.41) is 5.20. The molecule has 1 unspecified atom stereocenters. The van der Waals surface area contributed by atoms with E-state index in [1.54, 1.807) is 6.07 Å². The largest absolute Gasteiger partial charge is 0.313 e. The van der Waals surface area contributed by atoms with Crippen LogP contribution in [0.25, 0.3) is 0 Å². The second-order valence-electron chi connectivity index (χ2n) is 4.28. The highest BCUT2D eigenvalue weighted by molar-refractivity contribution is 6.42. The Labute approximate surface area is 128 Å². The van der Waals surface area contributed by atoms with Gasteiger partial charge in [0.1, 0.15) is 0 Å². The van der Waals surface area contributed by atoms with Gasteiger partial charge in [-0.3, -0.25) is 0 Å². The lowest BCUT2D eigenvalue weighted by molar-refractivity contribution is 0.592. The van der Waals surface area contributed by atoms with Gasteiger partial charge in [0.25, 0.3) is 0 Å². The van der Waals surface area contributed by atoms with E-state index in [1.165, 1.54) is 0 Å². The molecular formula is C15H14Cl3N. The van der Waals surface area contributed by atoms with Crippen LogP contribution in [0.3, 0.4) is 0 Å². The Kier molecular flexibility index (Phi) is 5.12. The minimum Gasteiger partial charge on any atom is -0.313 e. The monoisotopic (exact) mass is 313 g/mol. The van der Waals surface area contributed by atoms with Crippen LogP contribution in [0.1, 0.15) is 17.2 Å². The Morgan fingerprint density at radius 1 is 0.947 bits per heavy atom. The molecule has 0 aliphatic heterocycles. The lowest BCUT2D eigenvalue weighted by Crippen LogP contribution is -2.19. The lowest BCUT2D eigenvalue weighted by atomic mass is 9.99. The van der Waals surface area contributed by atoms with Crippen LogP contribution in [0.15, 0.2) is 42.5 Å². The number of hydrogen-bond donors (Lipinski definition) is 1. The molecule has 0 aliphatic carbocycles. The van der Waals surface area contributed by atoms with Crippen LogP contribution >= 0.6 is 34.8 Å². The van der Waals surface area contributed by atoms with E-state index in [0.29, 0.717) is 10.0 Å². The van der Waals surface area contributed by atoms with Crippen LogP contribution in [-0.4, -0.2) is 7.05 Å². The molecule has 1 N–H and O–H groups in total. The van der Waals surface area contributed by atoms with Gasteiger partial charge in [-0.15, -0.1) is 0 Å². The van der Waals surface area contributed by atoms with Gasteiger partial charge < -0.3 is 5.32 Å². The zero-order valence-corrected chi connectivity index (χ0v) is 12.7. The third-order valence-corrected chi connectivity index (χ3v) is 4.29. The number of rotatable bonds is 4. The summed E-state index contributed by atoms with van der Waals surface area (Å²) < 4.78 is 0. The first-order valence-electron chi connectivity index (χ1n) is 5.98. The standard InChI is InChI=1S/C15H14Cl3N/c1-19-14(11-6-2-3-7-12(11)16)9-10-5-4-8-13(17)15(10)18/h2-8,14,19H,9H2,1H3. The van der Waals surface area contributed by atoms with Gasteiger partial charge in [0, 0.05) is 11.1 Å². The molecule has 2 rings (SSSR count). The van der Waals surface area contributed by atoms with Crippen molar-refractivity contribution in [2.45, 2.75) is 12.5 Å². The quantitative estimate of drug-likeness (QED) is 0.823. The van der Waals surface area contributed by atoms with Gasteiger partial charge in [0.15, 0.2) is 0 Å². The van der Waals surface area contributed by atoms with Gasteiger partial charge >= 0.3 is 0 Å². The average Bonchev–Trinajstić information content (AvgIpc) is 2.41. The highest BCUT2D eigenvalue weighted by Crippen LogP contribution is 2.31. The summed E-state index contributed by atoms with van der Waals surface area (Å²) >= 11 is 18.5. The van der Waals surface area contributed by atoms with Crippen molar-refractivity contribution >= 4 is 34.8 Å². The van der Waals surface area contributed by atoms with Crippen LogP contribution in [-0.2, 0) is 6.42 Å². The summed E-state index contributed by atoms with van der Waals surface area (Å²) in [5.41, 5.74) is 2.07. The Morgan fingerprint density at radius 3 is 2.32 bits per heavy atom. The van der Waals surface area contributed by atoms with E-state index < -0.39 is 0 Å². The minimum absolute atomic E-state index is 0.102. The Bertz CT molecular complexity index is 569. The van der Waals surface area contributed by atoms with Crippen LogP contribution in [0.4, 0.5) is 0 Å². The van der Waals surface area contributed by atoms with Crippen LogP contribution in [0.2, 0.25) is 15.1 Å². The van der Waals surface area contributed by atoms with Gasteiger partial charge in [0.05, 0.1) is 10.0 Å². The predicted molar refractivity (Wildman–Crippen MR) is 83.4 cm³/mol. The molecule has 0 aliphatic rings. The number of likely N-dealkylation sites (N-methyl/N-ethyl adjacent to an activating group) is 1. The van der Waals surface area contributed by atoms with Crippen molar-refractivity contribution in [2.24, 2.45) is 0 Å². The predicted octanol–water partition coefficient (Wildman–Crippen LogP) is 5.15. The minimum atomic E-state index is 0.102. The molecule has 4 heteroatoms. The maximum atomic E-state index is 6.24. The Hall–Kier alpha value is -0.730. The molecule has 0 amide bonds. The van der Waals surface area contributed by atoms with E-state index in [2.05, 4.69) is 5.32 Å². The summed E-state index contributed by atoms with van der Waals surface area (Å²) in [7, 11) is 1.91. The van der Waals surface area contributed by atoms with Crippen molar-refractivity contribution in [1.82, 2.24) is 5.32 Å². The van der Waals surface area contributed by atoms with Gasteiger partial charge in [-0.25, -0.2) is 0 Å². The average molecular weight is 315 g/mol. The number of benzene rings is 2. The molecule has 0 aromatic heterocycles. The number of nitrogens with one attached hydrogen (secondary N) is 1. The van der Waals surface area contributed by atoms with E-state index in [1.807, 2.05) is 43.4 Å². The molecule has 0 radical (unpaired) electrons. The third kappa shape index (κ3) is 3.43. The third-order valence-electron chi connectivity index (χ3n) is 3.08. The van der Waals surface area contributed by atoms with E-state index in [4.69, 9.17) is 34.8 Å². The highest BCUT2D eigenvalue weighted by atomic mass is 35.5. The van der Waals surface area contributed by atoms with E-state index >= 15 is 0 Å². The summed E-state index contributed by atoms with van der Waals surface area (Å²) in [5.74, 6) is 0. The fraction of sp³-hybridized carbons (Fsp3) is 0.200. The molecule has 2 aromatic carbocycles. The molecule has 0 heterocycles. The van der Waals surface area contributed by atoms with Gasteiger partial charge in [-0.05, 0) is 36.7 Å². The van der Waals surface area contributed by atoms with Crippen molar-refractivity contribution in [3.63, 3.8) is 0 Å². The van der Waals surface area contributed by atoms with E-state index in [0.717, 1.165) is 22.6 Å². The molecule has 1 nitrogen and oxygen atoms in total. The van der Waals surface area contributed by atoms with Crippen LogP contribution in [0.5, 0.6) is 0 Å². The molecule has 1 atom stereocenters. The summed E-state index contributed by atoms with van der Waals surface area (Å²) in [6.07, 6.45) is 0.736. The molecule has 2 aromatic rings. The van der Waals surface area contributed by atoms with Gasteiger partial charge in [-0.1, -0.05) is 65.1 Å². The SMILES string of the molecule is CNC(Cc1cccc(Cl)c1Cl)c1ccccc1Cl. The van der Waals surface area contributed by atoms with Crippen molar-refractivity contribution in [3.05, 3.63) is 68.7 Å². The normalized spacial score (nSPS) is 12.4. The topological polar surface area (TPSA) is 12.0 Å². The second kappa shape index (κ2) is 6.62. The molecule has 0 spiro atoms. The van der Waals surface area contributed by atoms with Crippen molar-refractivity contribution in [1.29, 1.82) is 0 Å². The highest BCUT2D eigenvalue weighted by Gasteiger charge is 2.15. The van der Waals surface area contributed by atoms with Crippen LogP contribution < -0.4 is 5.32 Å². The zero-order chi connectivity index (χ0) is 13.8. The molecular weight excluding hydrogens is 301 g/mol. The van der Waals surface area contributed by atoms with Gasteiger partial charge in [0.2, 0.25) is 0 Å². The summed E-state index contributed by atoms with van der Waals surface area (Å²) in [4.78, 5) is 0. The number of halogens is 3. The first kappa shape index (κ1) is 14.7. The summed E-state index contributed by atoms with van der Waals surface area (Å²) in [6, 6.07) is 13.6. The van der Waals surface area contributed by atoms with Gasteiger partial charge in [-0.2, -0.15) is 0 Å². The Morgan fingerprint density at radius 2 is 1.63 bits per heavy atom. The molecule has 19 heavy (non-hydrogen) atoms. The summed E-state index contributed by atoms with van der Waals surface area (Å²) in [6.45, 7) is 0.